The van der Waals surface area contributed by atoms with Crippen LogP contribution in [0.5, 0.6) is 0 Å². The highest BCUT2D eigenvalue weighted by molar-refractivity contribution is 5.79. The highest BCUT2D eigenvalue weighted by Crippen LogP contribution is 2.58. The van der Waals surface area contributed by atoms with Crippen molar-refractivity contribution < 1.29 is 9.18 Å². The zero-order valence-electron chi connectivity index (χ0n) is 12.2. The van der Waals surface area contributed by atoms with Crippen LogP contribution >= 0.6 is 0 Å². The Morgan fingerprint density at radius 3 is 2.81 bits per heavy atom. The first-order chi connectivity index (χ1) is 10.2. The molecule has 1 N–H and O–H groups in total. The molecular weight excluding hydrogens is 265 g/mol. The third-order valence-electron chi connectivity index (χ3n) is 6.08. The Morgan fingerprint density at radius 1 is 1.14 bits per heavy atom. The van der Waals surface area contributed by atoms with Gasteiger partial charge in [-0.2, -0.15) is 0 Å². The normalized spacial score (nSPS) is 36.7. The van der Waals surface area contributed by atoms with E-state index in [2.05, 4.69) is 5.32 Å². The highest BCUT2D eigenvalue weighted by atomic mass is 19.1. The van der Waals surface area contributed by atoms with E-state index >= 15 is 0 Å². The molecule has 2 bridgehead atoms. The van der Waals surface area contributed by atoms with E-state index in [4.69, 9.17) is 0 Å². The SMILES string of the molecule is O=C(Cc1ccccc1F)N[C@@H]1C[C@H]2C[C@H]1[C@H]1CCC[C@H]21. The number of nitrogens with one attached hydrogen (secondary N) is 1. The average Bonchev–Trinajstić information content (AvgIpc) is 3.13. The standard InChI is InChI=1S/C18H22FNO/c19-16-7-2-1-4-11(16)10-18(21)20-17-9-12-8-15(17)14-6-3-5-13(12)14/h1-2,4,7,12-15,17H,3,5-6,8-10H2,(H,20,21)/t12-,13-,14+,15+,17-/m1/s1. The quantitative estimate of drug-likeness (QED) is 0.908. The predicted molar refractivity (Wildman–Crippen MR) is 79.1 cm³/mol. The second-order valence-electron chi connectivity index (χ2n) is 7.10. The molecule has 0 saturated heterocycles. The van der Waals surface area contributed by atoms with Crippen molar-refractivity contribution in [3.05, 3.63) is 35.6 Å². The first kappa shape index (κ1) is 13.3. The smallest absolute Gasteiger partial charge is 0.224 e. The molecule has 0 aliphatic heterocycles. The molecule has 1 aromatic rings. The molecule has 112 valence electrons. The number of amides is 1. The minimum Gasteiger partial charge on any atom is -0.353 e. The van der Waals surface area contributed by atoms with Crippen LogP contribution in [0.1, 0.15) is 37.7 Å². The second kappa shape index (κ2) is 5.11. The number of carbonyl (C=O) groups is 1. The summed E-state index contributed by atoms with van der Waals surface area (Å²) in [6, 6.07) is 6.90. The van der Waals surface area contributed by atoms with Gasteiger partial charge in [-0.25, -0.2) is 4.39 Å². The molecule has 3 fully saturated rings. The van der Waals surface area contributed by atoms with Crippen LogP contribution < -0.4 is 5.32 Å². The molecule has 3 aliphatic carbocycles. The van der Waals surface area contributed by atoms with Crippen LogP contribution in [-0.4, -0.2) is 11.9 Å². The van der Waals surface area contributed by atoms with Crippen molar-refractivity contribution >= 4 is 5.91 Å². The van der Waals surface area contributed by atoms with Gasteiger partial charge in [0.05, 0.1) is 6.42 Å². The van der Waals surface area contributed by atoms with E-state index in [-0.39, 0.29) is 18.1 Å². The topological polar surface area (TPSA) is 29.1 Å². The average molecular weight is 287 g/mol. The van der Waals surface area contributed by atoms with Gasteiger partial charge in [0.25, 0.3) is 0 Å². The molecule has 21 heavy (non-hydrogen) atoms. The van der Waals surface area contributed by atoms with E-state index in [1.807, 2.05) is 0 Å². The summed E-state index contributed by atoms with van der Waals surface area (Å²) in [6.07, 6.45) is 6.74. The Balaban J connectivity index is 1.39. The summed E-state index contributed by atoms with van der Waals surface area (Å²) in [6.45, 7) is 0. The van der Waals surface area contributed by atoms with Crippen LogP contribution in [0.2, 0.25) is 0 Å². The number of fused-ring (bicyclic) bond motifs is 5. The maximum atomic E-state index is 13.6. The Kier molecular flexibility index (Phi) is 3.24. The number of hydrogen-bond donors (Lipinski definition) is 1. The summed E-state index contributed by atoms with van der Waals surface area (Å²) in [5, 5.41) is 3.19. The lowest BCUT2D eigenvalue weighted by Crippen LogP contribution is -2.43. The molecular formula is C18H22FNO. The van der Waals surface area contributed by atoms with Gasteiger partial charge in [0, 0.05) is 6.04 Å². The summed E-state index contributed by atoms with van der Waals surface area (Å²) in [4.78, 5) is 12.2. The molecule has 3 saturated carbocycles. The fourth-order valence-electron chi connectivity index (χ4n) is 5.31. The molecule has 2 nitrogen and oxygen atoms in total. The van der Waals surface area contributed by atoms with Gasteiger partial charge in [-0.1, -0.05) is 24.6 Å². The number of benzene rings is 1. The van der Waals surface area contributed by atoms with E-state index in [1.165, 1.54) is 31.7 Å². The Morgan fingerprint density at radius 2 is 1.95 bits per heavy atom. The minimum atomic E-state index is -0.281. The zero-order valence-corrected chi connectivity index (χ0v) is 12.2. The van der Waals surface area contributed by atoms with E-state index in [0.29, 0.717) is 17.5 Å². The van der Waals surface area contributed by atoms with Crippen molar-refractivity contribution in [3.8, 4) is 0 Å². The van der Waals surface area contributed by atoms with Crippen LogP contribution in [0.25, 0.3) is 0 Å². The Labute approximate surface area is 125 Å². The molecule has 3 heteroatoms. The lowest BCUT2D eigenvalue weighted by molar-refractivity contribution is -0.121. The molecule has 0 spiro atoms. The summed E-state index contributed by atoms with van der Waals surface area (Å²) in [7, 11) is 0. The predicted octanol–water partition coefficient (Wildman–Crippen LogP) is 3.31. The van der Waals surface area contributed by atoms with Gasteiger partial charge >= 0.3 is 0 Å². The van der Waals surface area contributed by atoms with Crippen LogP contribution in [0.3, 0.4) is 0 Å². The molecule has 3 aliphatic rings. The van der Waals surface area contributed by atoms with Gasteiger partial charge in [0.1, 0.15) is 5.82 Å². The van der Waals surface area contributed by atoms with Gasteiger partial charge in [-0.15, -0.1) is 0 Å². The van der Waals surface area contributed by atoms with Crippen LogP contribution in [0.15, 0.2) is 24.3 Å². The fourth-order valence-corrected chi connectivity index (χ4v) is 5.31. The van der Waals surface area contributed by atoms with E-state index in [0.717, 1.165) is 24.2 Å². The van der Waals surface area contributed by atoms with Gasteiger partial charge in [-0.3, -0.25) is 4.79 Å². The number of halogens is 1. The van der Waals surface area contributed by atoms with Crippen LogP contribution in [-0.2, 0) is 11.2 Å². The third kappa shape index (κ3) is 2.27. The Hall–Kier alpha value is -1.38. The molecule has 0 heterocycles. The molecule has 0 aromatic heterocycles. The van der Waals surface area contributed by atoms with Crippen molar-refractivity contribution in [2.24, 2.45) is 23.7 Å². The van der Waals surface area contributed by atoms with Gasteiger partial charge < -0.3 is 5.32 Å². The molecule has 0 unspecified atom stereocenters. The summed E-state index contributed by atoms with van der Waals surface area (Å²) >= 11 is 0. The summed E-state index contributed by atoms with van der Waals surface area (Å²) in [5.74, 6) is 3.01. The largest absolute Gasteiger partial charge is 0.353 e. The third-order valence-corrected chi connectivity index (χ3v) is 6.08. The van der Waals surface area contributed by atoms with Crippen molar-refractivity contribution in [3.63, 3.8) is 0 Å². The number of rotatable bonds is 3. The second-order valence-corrected chi connectivity index (χ2v) is 7.10. The first-order valence-electron chi connectivity index (χ1n) is 8.25. The Bertz CT molecular complexity index is 558. The van der Waals surface area contributed by atoms with E-state index in [1.54, 1.807) is 18.2 Å². The molecule has 0 radical (unpaired) electrons. The first-order valence-corrected chi connectivity index (χ1v) is 8.25. The van der Waals surface area contributed by atoms with E-state index < -0.39 is 0 Å². The highest BCUT2D eigenvalue weighted by Gasteiger charge is 2.53. The lowest BCUT2D eigenvalue weighted by Gasteiger charge is -2.32. The van der Waals surface area contributed by atoms with Crippen molar-refractivity contribution in [1.82, 2.24) is 5.32 Å². The zero-order chi connectivity index (χ0) is 14.4. The van der Waals surface area contributed by atoms with Gasteiger partial charge in [0.15, 0.2) is 0 Å². The van der Waals surface area contributed by atoms with Crippen LogP contribution in [0, 0.1) is 29.5 Å². The monoisotopic (exact) mass is 287 g/mol. The van der Waals surface area contributed by atoms with Crippen molar-refractivity contribution in [2.75, 3.05) is 0 Å². The molecule has 1 amide bonds. The number of carbonyl (C=O) groups excluding carboxylic acids is 1. The van der Waals surface area contributed by atoms with Crippen molar-refractivity contribution in [2.45, 2.75) is 44.6 Å². The number of hydrogen-bond acceptors (Lipinski definition) is 1. The minimum absolute atomic E-state index is 0.0211. The summed E-state index contributed by atoms with van der Waals surface area (Å²) in [5.41, 5.74) is 0.497. The maximum Gasteiger partial charge on any atom is 0.224 e. The van der Waals surface area contributed by atoms with Crippen molar-refractivity contribution in [1.29, 1.82) is 0 Å². The fraction of sp³-hybridized carbons (Fsp3) is 0.611. The lowest BCUT2D eigenvalue weighted by atomic mass is 9.79. The summed E-state index contributed by atoms with van der Waals surface area (Å²) < 4.78 is 13.6. The van der Waals surface area contributed by atoms with Gasteiger partial charge in [0.2, 0.25) is 5.91 Å². The van der Waals surface area contributed by atoms with E-state index in [9.17, 15) is 9.18 Å². The van der Waals surface area contributed by atoms with Crippen LogP contribution in [0.4, 0.5) is 4.39 Å². The molecule has 4 rings (SSSR count). The van der Waals surface area contributed by atoms with Gasteiger partial charge in [-0.05, 0) is 61.0 Å². The maximum absolute atomic E-state index is 13.6. The molecule has 5 atom stereocenters. The molecule has 1 aromatic carbocycles.